The van der Waals surface area contributed by atoms with Gasteiger partial charge in [0.1, 0.15) is 5.25 Å². The number of rotatable bonds is 3. The van der Waals surface area contributed by atoms with Crippen LogP contribution >= 0.6 is 0 Å². The molecule has 2 atom stereocenters. The molecule has 110 valence electrons. The molecule has 2 aliphatic heterocycles. The summed E-state index contributed by atoms with van der Waals surface area (Å²) in [7, 11) is -3.30. The standard InChI is InChI=1S/C13H24N2O3S/c1-10(19(2,17)18)13(16)15-9-3-4-12(15)11-5-7-14-8-6-11/h10-12,14H,3-9H2,1-2H3. The molecule has 2 fully saturated rings. The van der Waals surface area contributed by atoms with Crippen LogP contribution in [0.3, 0.4) is 0 Å². The number of carbonyl (C=O) groups excluding carboxylic acids is 1. The molecule has 0 bridgehead atoms. The Morgan fingerprint density at radius 3 is 2.47 bits per heavy atom. The van der Waals surface area contributed by atoms with E-state index in [1.807, 2.05) is 4.90 Å². The number of hydrogen-bond donors (Lipinski definition) is 1. The zero-order valence-electron chi connectivity index (χ0n) is 11.8. The summed E-state index contributed by atoms with van der Waals surface area (Å²) in [6, 6.07) is 0.249. The second-order valence-electron chi connectivity index (χ2n) is 5.80. The van der Waals surface area contributed by atoms with E-state index in [1.54, 1.807) is 0 Å². The van der Waals surface area contributed by atoms with Crippen molar-refractivity contribution in [1.82, 2.24) is 10.2 Å². The van der Waals surface area contributed by atoms with Crippen molar-refractivity contribution in [2.75, 3.05) is 25.9 Å². The van der Waals surface area contributed by atoms with E-state index in [2.05, 4.69) is 5.32 Å². The highest BCUT2D eigenvalue weighted by molar-refractivity contribution is 7.92. The molecule has 0 spiro atoms. The van der Waals surface area contributed by atoms with Crippen LogP contribution in [0.2, 0.25) is 0 Å². The molecule has 5 nitrogen and oxygen atoms in total. The van der Waals surface area contributed by atoms with Gasteiger partial charge in [-0.05, 0) is 51.6 Å². The Morgan fingerprint density at radius 2 is 1.89 bits per heavy atom. The first-order valence-electron chi connectivity index (χ1n) is 7.11. The molecule has 2 aliphatic rings. The highest BCUT2D eigenvalue weighted by Crippen LogP contribution is 2.30. The molecule has 0 aromatic rings. The lowest BCUT2D eigenvalue weighted by Gasteiger charge is -2.35. The first-order valence-corrected chi connectivity index (χ1v) is 9.07. The Kier molecular flexibility index (Phi) is 4.50. The molecule has 2 unspecified atom stereocenters. The van der Waals surface area contributed by atoms with Crippen LogP contribution in [-0.4, -0.2) is 56.4 Å². The van der Waals surface area contributed by atoms with Crippen molar-refractivity contribution in [3.63, 3.8) is 0 Å². The van der Waals surface area contributed by atoms with Gasteiger partial charge in [0.05, 0.1) is 0 Å². The molecule has 2 rings (SSSR count). The molecule has 1 N–H and O–H groups in total. The average molecular weight is 288 g/mol. The smallest absolute Gasteiger partial charge is 0.240 e. The maximum absolute atomic E-state index is 12.4. The topological polar surface area (TPSA) is 66.5 Å². The quantitative estimate of drug-likeness (QED) is 0.817. The van der Waals surface area contributed by atoms with Crippen molar-refractivity contribution in [3.05, 3.63) is 0 Å². The summed E-state index contributed by atoms with van der Waals surface area (Å²) in [5.74, 6) is 0.322. The molecule has 0 saturated carbocycles. The monoisotopic (exact) mass is 288 g/mol. The summed E-state index contributed by atoms with van der Waals surface area (Å²) in [6.07, 6.45) is 5.33. The lowest BCUT2D eigenvalue weighted by atomic mass is 9.88. The van der Waals surface area contributed by atoms with Gasteiger partial charge >= 0.3 is 0 Å². The summed E-state index contributed by atoms with van der Waals surface area (Å²) in [6.45, 7) is 4.23. The minimum atomic E-state index is -3.30. The first-order chi connectivity index (χ1) is 8.91. The van der Waals surface area contributed by atoms with Crippen LogP contribution in [0.15, 0.2) is 0 Å². The van der Waals surface area contributed by atoms with Crippen LogP contribution in [0, 0.1) is 5.92 Å². The van der Waals surface area contributed by atoms with E-state index in [1.165, 1.54) is 6.92 Å². The SMILES string of the molecule is CC(C(=O)N1CCCC1C1CCNCC1)S(C)(=O)=O. The molecule has 0 aromatic heterocycles. The lowest BCUT2D eigenvalue weighted by Crippen LogP contribution is -2.48. The molecule has 1 amide bonds. The fraction of sp³-hybridized carbons (Fsp3) is 0.923. The van der Waals surface area contributed by atoms with Crippen LogP contribution in [-0.2, 0) is 14.6 Å². The first kappa shape index (κ1) is 14.8. The Hall–Kier alpha value is -0.620. The number of carbonyl (C=O) groups is 1. The van der Waals surface area contributed by atoms with Crippen molar-refractivity contribution < 1.29 is 13.2 Å². The molecule has 2 saturated heterocycles. The second kappa shape index (κ2) is 5.79. The number of hydrogen-bond acceptors (Lipinski definition) is 4. The summed E-state index contributed by atoms with van der Waals surface area (Å²) < 4.78 is 23.1. The number of likely N-dealkylation sites (tertiary alicyclic amines) is 1. The summed E-state index contributed by atoms with van der Waals surface area (Å²) in [4.78, 5) is 14.2. The Labute approximate surface area is 115 Å². The maximum Gasteiger partial charge on any atom is 0.240 e. The Balaban J connectivity index is 2.07. The highest BCUT2D eigenvalue weighted by Gasteiger charge is 2.38. The van der Waals surface area contributed by atoms with Crippen molar-refractivity contribution in [2.45, 2.75) is 43.9 Å². The van der Waals surface area contributed by atoms with Gasteiger partial charge in [-0.2, -0.15) is 0 Å². The van der Waals surface area contributed by atoms with Gasteiger partial charge in [-0.1, -0.05) is 0 Å². The van der Waals surface area contributed by atoms with E-state index in [0.29, 0.717) is 12.5 Å². The van der Waals surface area contributed by atoms with Gasteiger partial charge in [0, 0.05) is 18.8 Å². The second-order valence-corrected chi connectivity index (χ2v) is 8.17. The van der Waals surface area contributed by atoms with Gasteiger partial charge in [0.25, 0.3) is 0 Å². The van der Waals surface area contributed by atoms with E-state index < -0.39 is 15.1 Å². The van der Waals surface area contributed by atoms with Crippen molar-refractivity contribution >= 4 is 15.7 Å². The maximum atomic E-state index is 12.4. The van der Waals surface area contributed by atoms with Crippen molar-refractivity contribution in [2.24, 2.45) is 5.92 Å². The molecule has 0 aromatic carbocycles. The zero-order valence-corrected chi connectivity index (χ0v) is 12.6. The van der Waals surface area contributed by atoms with E-state index in [9.17, 15) is 13.2 Å². The molecule has 0 radical (unpaired) electrons. The van der Waals surface area contributed by atoms with Gasteiger partial charge in [-0.3, -0.25) is 4.79 Å². The summed E-state index contributed by atoms with van der Waals surface area (Å²) in [5.41, 5.74) is 0. The predicted octanol–water partition coefficient (Wildman–Crippen LogP) is 0.410. The van der Waals surface area contributed by atoms with Crippen LogP contribution in [0.25, 0.3) is 0 Å². The number of sulfone groups is 1. The predicted molar refractivity (Wildman–Crippen MR) is 74.6 cm³/mol. The van der Waals surface area contributed by atoms with Crippen LogP contribution in [0.5, 0.6) is 0 Å². The summed E-state index contributed by atoms with van der Waals surface area (Å²) >= 11 is 0. The van der Waals surface area contributed by atoms with Crippen LogP contribution < -0.4 is 5.32 Å². The molecule has 6 heteroatoms. The van der Waals surface area contributed by atoms with Gasteiger partial charge in [0.15, 0.2) is 9.84 Å². The van der Waals surface area contributed by atoms with Crippen LogP contribution in [0.4, 0.5) is 0 Å². The average Bonchev–Trinajstić information content (AvgIpc) is 2.86. The Morgan fingerprint density at radius 1 is 1.26 bits per heavy atom. The molecule has 19 heavy (non-hydrogen) atoms. The van der Waals surface area contributed by atoms with E-state index in [-0.39, 0.29) is 11.9 Å². The largest absolute Gasteiger partial charge is 0.338 e. The van der Waals surface area contributed by atoms with Crippen molar-refractivity contribution in [3.8, 4) is 0 Å². The van der Waals surface area contributed by atoms with E-state index in [0.717, 1.165) is 45.0 Å². The third-order valence-corrected chi connectivity index (χ3v) is 5.99. The molecular formula is C13H24N2O3S. The minimum Gasteiger partial charge on any atom is -0.338 e. The number of amides is 1. The Bertz CT molecular complexity index is 429. The van der Waals surface area contributed by atoms with Gasteiger partial charge < -0.3 is 10.2 Å². The van der Waals surface area contributed by atoms with Gasteiger partial charge in [-0.15, -0.1) is 0 Å². The zero-order chi connectivity index (χ0) is 14.0. The number of nitrogens with zero attached hydrogens (tertiary/aromatic N) is 1. The highest BCUT2D eigenvalue weighted by atomic mass is 32.2. The van der Waals surface area contributed by atoms with E-state index in [4.69, 9.17) is 0 Å². The van der Waals surface area contributed by atoms with Gasteiger partial charge in [-0.25, -0.2) is 8.42 Å². The van der Waals surface area contributed by atoms with Gasteiger partial charge in [0.2, 0.25) is 5.91 Å². The minimum absolute atomic E-state index is 0.205. The molecule has 2 heterocycles. The lowest BCUT2D eigenvalue weighted by molar-refractivity contribution is -0.132. The normalized spacial score (nSPS) is 27.5. The third-order valence-electron chi connectivity index (χ3n) is 4.50. The van der Waals surface area contributed by atoms with Crippen LogP contribution in [0.1, 0.15) is 32.6 Å². The fourth-order valence-electron chi connectivity index (χ4n) is 3.20. The third kappa shape index (κ3) is 3.28. The number of nitrogens with one attached hydrogen (secondary N) is 1. The summed E-state index contributed by atoms with van der Waals surface area (Å²) in [5, 5.41) is 2.42. The van der Waals surface area contributed by atoms with Crippen molar-refractivity contribution in [1.29, 1.82) is 0 Å². The molecular weight excluding hydrogens is 264 g/mol. The molecule has 0 aliphatic carbocycles. The number of piperidine rings is 1. The fourth-order valence-corrected chi connectivity index (χ4v) is 3.70. The van der Waals surface area contributed by atoms with E-state index >= 15 is 0 Å².